The summed E-state index contributed by atoms with van der Waals surface area (Å²) in [4.78, 5) is 0. The van der Waals surface area contributed by atoms with E-state index in [4.69, 9.17) is 5.73 Å². The first kappa shape index (κ1) is 13.6. The number of nitrogens with two attached hydrogens (primary N) is 1. The molecule has 1 heterocycles. The summed E-state index contributed by atoms with van der Waals surface area (Å²) >= 11 is 0. The zero-order valence-corrected chi connectivity index (χ0v) is 12.3. The predicted molar refractivity (Wildman–Crippen MR) is 78.1 cm³/mol. The molecule has 2 aromatic rings. The van der Waals surface area contributed by atoms with Gasteiger partial charge >= 0.3 is 0 Å². The van der Waals surface area contributed by atoms with Gasteiger partial charge in [-0.25, -0.2) is 0 Å². The minimum absolute atomic E-state index is 0.195. The Bertz CT molecular complexity index is 564. The lowest BCUT2D eigenvalue weighted by Gasteiger charge is -2.27. The summed E-state index contributed by atoms with van der Waals surface area (Å²) in [6.45, 7) is 10.6. The quantitative estimate of drug-likeness (QED) is 0.861. The van der Waals surface area contributed by atoms with Gasteiger partial charge in [0.1, 0.15) is 11.6 Å². The molecule has 0 aliphatic rings. The second-order valence-corrected chi connectivity index (χ2v) is 5.78. The molecule has 2 rings (SSSR count). The number of anilines is 1. The normalized spacial score (nSPS) is 12.1. The summed E-state index contributed by atoms with van der Waals surface area (Å²) < 4.78 is 2.19. The van der Waals surface area contributed by atoms with Crippen molar-refractivity contribution in [3.63, 3.8) is 0 Å². The molecule has 4 nitrogen and oxygen atoms in total. The Hall–Kier alpha value is -1.84. The number of rotatable bonds is 3. The summed E-state index contributed by atoms with van der Waals surface area (Å²) in [5, 5.41) is 8.62. The van der Waals surface area contributed by atoms with Gasteiger partial charge in [0.2, 0.25) is 0 Å². The van der Waals surface area contributed by atoms with Crippen LogP contribution in [0.4, 0.5) is 5.69 Å². The van der Waals surface area contributed by atoms with E-state index < -0.39 is 0 Å². The maximum Gasteiger partial charge on any atom is 0.143 e. The molecule has 0 saturated carbocycles. The van der Waals surface area contributed by atoms with Crippen LogP contribution < -0.4 is 5.73 Å². The van der Waals surface area contributed by atoms with Gasteiger partial charge in [-0.1, -0.05) is 12.1 Å². The molecule has 4 heteroatoms. The van der Waals surface area contributed by atoms with Gasteiger partial charge in [-0.05, 0) is 52.3 Å². The molecule has 0 unspecified atom stereocenters. The van der Waals surface area contributed by atoms with Crippen LogP contribution in [0, 0.1) is 6.92 Å². The van der Waals surface area contributed by atoms with E-state index in [0.29, 0.717) is 6.04 Å². The molecule has 0 amide bonds. The highest BCUT2D eigenvalue weighted by molar-refractivity contribution is 5.43. The summed E-state index contributed by atoms with van der Waals surface area (Å²) in [6.07, 6.45) is 0. The fraction of sp³-hybridized carbons (Fsp3) is 0.467. The summed E-state index contributed by atoms with van der Waals surface area (Å²) in [6, 6.07) is 8.33. The number of aromatic nitrogens is 3. The van der Waals surface area contributed by atoms with Crippen LogP contribution in [0.2, 0.25) is 0 Å². The molecule has 0 spiro atoms. The van der Waals surface area contributed by atoms with E-state index in [2.05, 4.69) is 54.6 Å². The van der Waals surface area contributed by atoms with Crippen LogP contribution >= 0.6 is 0 Å². The Morgan fingerprint density at radius 3 is 2.21 bits per heavy atom. The molecule has 0 aliphatic carbocycles. The van der Waals surface area contributed by atoms with Gasteiger partial charge in [0.25, 0.3) is 0 Å². The first-order chi connectivity index (χ1) is 8.84. The standard InChI is InChI=1S/C15H22N4/c1-10(2)19-11(3)17-18-14(19)15(4,5)12-6-8-13(16)9-7-12/h6-10H,16H2,1-5H3. The second kappa shape index (κ2) is 4.68. The number of benzene rings is 1. The highest BCUT2D eigenvalue weighted by Crippen LogP contribution is 2.32. The first-order valence-corrected chi connectivity index (χ1v) is 6.62. The molecular formula is C15H22N4. The SMILES string of the molecule is Cc1nnc(C(C)(C)c2ccc(N)cc2)n1C(C)C. The van der Waals surface area contributed by atoms with Crippen molar-refractivity contribution in [1.82, 2.24) is 14.8 Å². The monoisotopic (exact) mass is 258 g/mol. The predicted octanol–water partition coefficient (Wildman–Crippen LogP) is 3.08. The zero-order valence-electron chi connectivity index (χ0n) is 12.3. The van der Waals surface area contributed by atoms with E-state index in [1.54, 1.807) is 0 Å². The molecule has 102 valence electrons. The Labute approximate surface area is 114 Å². The lowest BCUT2D eigenvalue weighted by atomic mass is 9.83. The van der Waals surface area contributed by atoms with Crippen molar-refractivity contribution in [3.8, 4) is 0 Å². The van der Waals surface area contributed by atoms with Gasteiger partial charge < -0.3 is 10.3 Å². The smallest absolute Gasteiger partial charge is 0.143 e. The number of nitrogen functional groups attached to an aromatic ring is 1. The van der Waals surface area contributed by atoms with Crippen LogP contribution in [0.5, 0.6) is 0 Å². The van der Waals surface area contributed by atoms with Crippen LogP contribution in [-0.4, -0.2) is 14.8 Å². The molecule has 0 bridgehead atoms. The summed E-state index contributed by atoms with van der Waals surface area (Å²) in [5.41, 5.74) is 7.53. The average molecular weight is 258 g/mol. The summed E-state index contributed by atoms with van der Waals surface area (Å²) in [7, 11) is 0. The minimum Gasteiger partial charge on any atom is -0.399 e. The lowest BCUT2D eigenvalue weighted by Crippen LogP contribution is -2.25. The molecule has 0 atom stereocenters. The lowest BCUT2D eigenvalue weighted by molar-refractivity contribution is 0.486. The maximum absolute atomic E-state index is 5.76. The van der Waals surface area contributed by atoms with E-state index in [-0.39, 0.29) is 5.41 Å². The van der Waals surface area contributed by atoms with Crippen LogP contribution in [0.15, 0.2) is 24.3 Å². The van der Waals surface area contributed by atoms with Crippen molar-refractivity contribution in [2.24, 2.45) is 0 Å². The van der Waals surface area contributed by atoms with E-state index in [9.17, 15) is 0 Å². The molecule has 19 heavy (non-hydrogen) atoms. The van der Waals surface area contributed by atoms with E-state index >= 15 is 0 Å². The van der Waals surface area contributed by atoms with Crippen LogP contribution in [0.25, 0.3) is 0 Å². The van der Waals surface area contributed by atoms with Crippen LogP contribution in [-0.2, 0) is 5.41 Å². The maximum atomic E-state index is 5.76. The first-order valence-electron chi connectivity index (χ1n) is 6.62. The molecule has 0 saturated heterocycles. The molecule has 0 aliphatic heterocycles. The van der Waals surface area contributed by atoms with E-state index in [1.807, 2.05) is 19.1 Å². The van der Waals surface area contributed by atoms with Gasteiger partial charge in [-0.3, -0.25) is 0 Å². The Morgan fingerprint density at radius 1 is 1.11 bits per heavy atom. The largest absolute Gasteiger partial charge is 0.399 e. The average Bonchev–Trinajstić information content (AvgIpc) is 2.72. The van der Waals surface area contributed by atoms with Crippen molar-refractivity contribution in [3.05, 3.63) is 41.5 Å². The molecule has 1 aromatic heterocycles. The fourth-order valence-electron chi connectivity index (χ4n) is 2.44. The molecular weight excluding hydrogens is 236 g/mol. The van der Waals surface area contributed by atoms with Gasteiger partial charge in [-0.15, -0.1) is 10.2 Å². The van der Waals surface area contributed by atoms with E-state index in [0.717, 1.165) is 17.3 Å². The molecule has 0 fully saturated rings. The van der Waals surface area contributed by atoms with Crippen LogP contribution in [0.3, 0.4) is 0 Å². The zero-order chi connectivity index (χ0) is 14.2. The Kier molecular flexibility index (Phi) is 3.35. The molecule has 2 N–H and O–H groups in total. The fourth-order valence-corrected chi connectivity index (χ4v) is 2.44. The third kappa shape index (κ3) is 2.35. The number of aryl methyl sites for hydroxylation is 1. The van der Waals surface area contributed by atoms with Crippen molar-refractivity contribution >= 4 is 5.69 Å². The van der Waals surface area contributed by atoms with E-state index in [1.165, 1.54) is 5.56 Å². The van der Waals surface area contributed by atoms with Crippen molar-refractivity contribution in [2.75, 3.05) is 5.73 Å². The van der Waals surface area contributed by atoms with Gasteiger partial charge in [-0.2, -0.15) is 0 Å². The number of hydrogen-bond acceptors (Lipinski definition) is 3. The topological polar surface area (TPSA) is 56.7 Å². The van der Waals surface area contributed by atoms with Crippen molar-refractivity contribution < 1.29 is 0 Å². The van der Waals surface area contributed by atoms with Gasteiger partial charge in [0.05, 0.1) is 0 Å². The van der Waals surface area contributed by atoms with Crippen molar-refractivity contribution in [1.29, 1.82) is 0 Å². The number of hydrogen-bond donors (Lipinski definition) is 1. The number of nitrogens with zero attached hydrogens (tertiary/aromatic N) is 3. The minimum atomic E-state index is -0.195. The third-order valence-electron chi connectivity index (χ3n) is 3.57. The van der Waals surface area contributed by atoms with Crippen LogP contribution in [0.1, 0.15) is 50.9 Å². The molecule has 0 radical (unpaired) electrons. The highest BCUT2D eigenvalue weighted by atomic mass is 15.3. The van der Waals surface area contributed by atoms with Gasteiger partial charge in [0, 0.05) is 17.1 Å². The second-order valence-electron chi connectivity index (χ2n) is 5.78. The Balaban J connectivity index is 2.53. The summed E-state index contributed by atoms with van der Waals surface area (Å²) in [5.74, 6) is 1.94. The van der Waals surface area contributed by atoms with Crippen molar-refractivity contribution in [2.45, 2.75) is 46.1 Å². The highest BCUT2D eigenvalue weighted by Gasteiger charge is 2.30. The van der Waals surface area contributed by atoms with Gasteiger partial charge in [0.15, 0.2) is 0 Å². The third-order valence-corrected chi connectivity index (χ3v) is 3.57. The molecule has 1 aromatic carbocycles. The Morgan fingerprint density at radius 2 is 1.68 bits per heavy atom.